The number of quaternary nitrogens is 1. The minimum atomic E-state index is -0.222. The van der Waals surface area contributed by atoms with Crippen LogP contribution in [0.2, 0.25) is 0 Å². The van der Waals surface area contributed by atoms with E-state index in [1.165, 1.54) is 4.90 Å². The Kier molecular flexibility index (Phi) is 5.71. The molecule has 2 aliphatic rings. The molecular formula is C22H29N6O3+. The van der Waals surface area contributed by atoms with E-state index in [9.17, 15) is 4.79 Å². The topological polar surface area (TPSA) is 109 Å². The number of ether oxygens (including phenoxy) is 2. The molecule has 1 amide bonds. The van der Waals surface area contributed by atoms with Gasteiger partial charge in [0.15, 0.2) is 5.65 Å². The SMILES string of the molecule is Nc1c(C(=O)NC[C@H]2CCCO2)c2nc3ccccc3nc2n1CC[NH+]1CCOCC1. The van der Waals surface area contributed by atoms with Crippen molar-refractivity contribution in [3.8, 4) is 0 Å². The monoisotopic (exact) mass is 425 g/mol. The fraction of sp³-hybridized carbons (Fsp3) is 0.500. The molecule has 9 heteroatoms. The maximum atomic E-state index is 13.1. The number of amides is 1. The molecule has 5 rings (SSSR count). The molecule has 2 saturated heterocycles. The predicted molar refractivity (Wildman–Crippen MR) is 117 cm³/mol. The third kappa shape index (κ3) is 4.08. The highest BCUT2D eigenvalue weighted by atomic mass is 16.5. The molecule has 2 fully saturated rings. The van der Waals surface area contributed by atoms with E-state index >= 15 is 0 Å². The highest BCUT2D eigenvalue weighted by Crippen LogP contribution is 2.27. The molecule has 0 bridgehead atoms. The van der Waals surface area contributed by atoms with Crippen molar-refractivity contribution in [1.29, 1.82) is 0 Å². The third-order valence-electron chi connectivity index (χ3n) is 6.22. The number of nitrogens with one attached hydrogen (secondary N) is 2. The van der Waals surface area contributed by atoms with Crippen LogP contribution in [0.5, 0.6) is 0 Å². The maximum absolute atomic E-state index is 13.1. The molecule has 0 aliphatic carbocycles. The molecule has 4 N–H and O–H groups in total. The van der Waals surface area contributed by atoms with E-state index in [1.54, 1.807) is 0 Å². The number of benzene rings is 1. The number of morpholine rings is 1. The van der Waals surface area contributed by atoms with E-state index in [2.05, 4.69) is 5.32 Å². The van der Waals surface area contributed by atoms with Crippen LogP contribution in [0.3, 0.4) is 0 Å². The van der Waals surface area contributed by atoms with Crippen LogP contribution in [0.25, 0.3) is 22.2 Å². The van der Waals surface area contributed by atoms with E-state index < -0.39 is 0 Å². The molecule has 2 aromatic heterocycles. The zero-order valence-electron chi connectivity index (χ0n) is 17.6. The van der Waals surface area contributed by atoms with Gasteiger partial charge < -0.3 is 30.0 Å². The van der Waals surface area contributed by atoms with Crippen LogP contribution < -0.4 is 16.0 Å². The van der Waals surface area contributed by atoms with Crippen LogP contribution in [0.1, 0.15) is 23.2 Å². The van der Waals surface area contributed by atoms with E-state index in [0.29, 0.717) is 35.6 Å². The van der Waals surface area contributed by atoms with Crippen molar-refractivity contribution < 1.29 is 19.2 Å². The Hall–Kier alpha value is -2.75. The van der Waals surface area contributed by atoms with Gasteiger partial charge in [0.1, 0.15) is 30.0 Å². The molecule has 2 aliphatic heterocycles. The smallest absolute Gasteiger partial charge is 0.257 e. The summed E-state index contributed by atoms with van der Waals surface area (Å²) in [5.74, 6) is 0.197. The number of aromatic nitrogens is 3. The number of para-hydroxylation sites is 2. The molecule has 31 heavy (non-hydrogen) atoms. The lowest BCUT2D eigenvalue weighted by Crippen LogP contribution is -3.14. The van der Waals surface area contributed by atoms with Gasteiger partial charge in [-0.2, -0.15) is 0 Å². The number of nitrogens with zero attached hydrogens (tertiary/aromatic N) is 3. The molecule has 0 unspecified atom stereocenters. The number of fused-ring (bicyclic) bond motifs is 2. The number of nitrogens with two attached hydrogens (primary N) is 1. The number of hydrogen-bond donors (Lipinski definition) is 3. The Morgan fingerprint density at radius 2 is 1.97 bits per heavy atom. The summed E-state index contributed by atoms with van der Waals surface area (Å²) in [5.41, 5.74) is 9.69. The van der Waals surface area contributed by atoms with E-state index in [1.807, 2.05) is 28.8 Å². The van der Waals surface area contributed by atoms with Crippen molar-refractivity contribution in [2.45, 2.75) is 25.5 Å². The predicted octanol–water partition coefficient (Wildman–Crippen LogP) is -0.00940. The van der Waals surface area contributed by atoms with Crippen molar-refractivity contribution in [1.82, 2.24) is 19.9 Å². The average molecular weight is 426 g/mol. The molecule has 1 atom stereocenters. The molecule has 3 aromatic rings. The zero-order chi connectivity index (χ0) is 21.2. The number of rotatable bonds is 6. The summed E-state index contributed by atoms with van der Waals surface area (Å²) in [7, 11) is 0. The lowest BCUT2D eigenvalue weighted by atomic mass is 10.2. The zero-order valence-corrected chi connectivity index (χ0v) is 17.6. The molecule has 4 heterocycles. The number of nitrogen functional groups attached to an aromatic ring is 1. The molecule has 9 nitrogen and oxygen atoms in total. The van der Waals surface area contributed by atoms with Gasteiger partial charge in [-0.15, -0.1) is 0 Å². The van der Waals surface area contributed by atoms with Crippen LogP contribution >= 0.6 is 0 Å². The van der Waals surface area contributed by atoms with Crippen LogP contribution in [0, 0.1) is 0 Å². The first-order valence-electron chi connectivity index (χ1n) is 11.1. The first-order chi connectivity index (χ1) is 15.2. The highest BCUT2D eigenvalue weighted by molar-refractivity contribution is 6.10. The summed E-state index contributed by atoms with van der Waals surface area (Å²) < 4.78 is 13.0. The Bertz CT molecular complexity index is 1090. The summed E-state index contributed by atoms with van der Waals surface area (Å²) >= 11 is 0. The molecule has 0 spiro atoms. The summed E-state index contributed by atoms with van der Waals surface area (Å²) in [6.45, 7) is 6.29. The quantitative estimate of drug-likeness (QED) is 0.513. The van der Waals surface area contributed by atoms with Crippen LogP contribution in [0.15, 0.2) is 24.3 Å². The van der Waals surface area contributed by atoms with Gasteiger partial charge in [-0.3, -0.25) is 4.79 Å². The average Bonchev–Trinajstić information content (AvgIpc) is 3.41. The largest absolute Gasteiger partial charge is 0.384 e. The van der Waals surface area contributed by atoms with Gasteiger partial charge in [0.25, 0.3) is 5.91 Å². The van der Waals surface area contributed by atoms with E-state index in [4.69, 9.17) is 25.2 Å². The fourth-order valence-corrected chi connectivity index (χ4v) is 4.45. The maximum Gasteiger partial charge on any atom is 0.257 e. The van der Waals surface area contributed by atoms with Gasteiger partial charge in [0.05, 0.1) is 43.4 Å². The standard InChI is InChI=1S/C22H28N6O3/c23-20-18(22(29)24-14-15-4-3-11-31-15)19-21(26-17-6-2-1-5-16(17)25-19)28(20)8-7-27-9-12-30-13-10-27/h1-2,5-6,15H,3-4,7-14,23H2,(H,24,29)/p+1/t15-/m1/s1. The van der Waals surface area contributed by atoms with Crippen molar-refractivity contribution in [2.75, 3.05) is 51.7 Å². The van der Waals surface area contributed by atoms with E-state index in [-0.39, 0.29) is 12.0 Å². The van der Waals surface area contributed by atoms with Gasteiger partial charge in [0.2, 0.25) is 0 Å². The summed E-state index contributed by atoms with van der Waals surface area (Å²) in [6.07, 6.45) is 2.06. The molecule has 0 saturated carbocycles. The van der Waals surface area contributed by atoms with Gasteiger partial charge >= 0.3 is 0 Å². The second-order valence-corrected chi connectivity index (χ2v) is 8.25. The number of hydrogen-bond acceptors (Lipinski definition) is 6. The summed E-state index contributed by atoms with van der Waals surface area (Å²) in [4.78, 5) is 24.2. The van der Waals surface area contributed by atoms with Crippen molar-refractivity contribution in [2.24, 2.45) is 0 Å². The van der Waals surface area contributed by atoms with Crippen LogP contribution in [-0.2, 0) is 16.0 Å². The first-order valence-corrected chi connectivity index (χ1v) is 11.1. The number of anilines is 1. The Labute approximate surface area is 180 Å². The summed E-state index contributed by atoms with van der Waals surface area (Å²) in [6, 6.07) is 7.69. The van der Waals surface area contributed by atoms with Gasteiger partial charge in [-0.1, -0.05) is 12.1 Å². The van der Waals surface area contributed by atoms with Crippen molar-refractivity contribution >= 4 is 33.9 Å². The minimum Gasteiger partial charge on any atom is -0.384 e. The minimum absolute atomic E-state index is 0.0651. The van der Waals surface area contributed by atoms with Crippen molar-refractivity contribution in [3.05, 3.63) is 29.8 Å². The van der Waals surface area contributed by atoms with Gasteiger partial charge in [-0.25, -0.2) is 9.97 Å². The molecule has 1 aromatic carbocycles. The molecule has 0 radical (unpaired) electrons. The highest BCUT2D eigenvalue weighted by Gasteiger charge is 2.26. The Morgan fingerprint density at radius 3 is 2.71 bits per heavy atom. The van der Waals surface area contributed by atoms with Crippen molar-refractivity contribution in [3.63, 3.8) is 0 Å². The number of carbonyl (C=O) groups is 1. The lowest BCUT2D eigenvalue weighted by Gasteiger charge is -2.24. The van der Waals surface area contributed by atoms with Crippen LogP contribution in [-0.4, -0.2) is 72.5 Å². The van der Waals surface area contributed by atoms with Gasteiger partial charge in [-0.05, 0) is 25.0 Å². The Balaban J connectivity index is 1.49. The second-order valence-electron chi connectivity index (χ2n) is 8.25. The normalized spacial score (nSPS) is 19.9. The van der Waals surface area contributed by atoms with Gasteiger partial charge in [0, 0.05) is 13.2 Å². The second kappa shape index (κ2) is 8.78. The summed E-state index contributed by atoms with van der Waals surface area (Å²) in [5, 5.41) is 2.99. The third-order valence-corrected chi connectivity index (χ3v) is 6.22. The number of carbonyl (C=O) groups excluding carboxylic acids is 1. The molecule has 164 valence electrons. The Morgan fingerprint density at radius 1 is 1.19 bits per heavy atom. The fourth-order valence-electron chi connectivity index (χ4n) is 4.45. The molecular weight excluding hydrogens is 396 g/mol. The van der Waals surface area contributed by atoms with Crippen LogP contribution in [0.4, 0.5) is 5.82 Å². The first kappa shape index (κ1) is 20.2. The lowest BCUT2D eigenvalue weighted by molar-refractivity contribution is -0.908. The van der Waals surface area contributed by atoms with E-state index in [0.717, 1.165) is 63.3 Å².